The van der Waals surface area contributed by atoms with Gasteiger partial charge >= 0.3 is 0 Å². The molecule has 0 unspecified atom stereocenters. The van der Waals surface area contributed by atoms with Crippen LogP contribution in [0.15, 0.2) is 24.7 Å². The molecule has 0 saturated carbocycles. The third-order valence-corrected chi connectivity index (χ3v) is 1.92. The van der Waals surface area contributed by atoms with E-state index in [4.69, 9.17) is 0 Å². The van der Waals surface area contributed by atoms with Crippen LogP contribution >= 0.6 is 0 Å². The molecule has 0 amide bonds. The average Bonchev–Trinajstić information content (AvgIpc) is 2.61. The van der Waals surface area contributed by atoms with E-state index in [0.29, 0.717) is 5.65 Å². The van der Waals surface area contributed by atoms with Gasteiger partial charge in [0.25, 0.3) is 0 Å². The summed E-state index contributed by atoms with van der Waals surface area (Å²) in [5.74, 6) is 0. The summed E-state index contributed by atoms with van der Waals surface area (Å²) in [6.07, 6.45) is 5.17. The molecule has 0 aromatic carbocycles. The molecule has 0 aliphatic carbocycles. The largest absolute Gasteiger partial charge is 0.285 e. The van der Waals surface area contributed by atoms with E-state index < -0.39 is 0 Å². The van der Waals surface area contributed by atoms with Crippen molar-refractivity contribution in [1.82, 2.24) is 25.4 Å². The van der Waals surface area contributed by atoms with Gasteiger partial charge in [-0.05, 0) is 6.07 Å². The third kappa shape index (κ3) is 0.868. The van der Waals surface area contributed by atoms with Gasteiger partial charge in [0.1, 0.15) is 0 Å². The fourth-order valence-corrected chi connectivity index (χ4v) is 1.29. The summed E-state index contributed by atoms with van der Waals surface area (Å²) >= 11 is 0. The molecule has 13 heavy (non-hydrogen) atoms. The SMILES string of the molecule is c1[nH]ncc2nc3nncc3cc12. The van der Waals surface area contributed by atoms with Crippen molar-refractivity contribution in [1.29, 1.82) is 0 Å². The number of aromatic nitrogens is 5. The van der Waals surface area contributed by atoms with E-state index in [2.05, 4.69) is 25.4 Å². The maximum atomic E-state index is 4.28. The second-order valence-electron chi connectivity index (χ2n) is 2.75. The van der Waals surface area contributed by atoms with Crippen LogP contribution < -0.4 is 0 Å². The highest BCUT2D eigenvalue weighted by Crippen LogP contribution is 2.15. The lowest BCUT2D eigenvalue weighted by Crippen LogP contribution is -1.84. The molecule has 5 nitrogen and oxygen atoms in total. The predicted molar refractivity (Wildman–Crippen MR) is 47.0 cm³/mol. The lowest BCUT2D eigenvalue weighted by Gasteiger charge is -1.94. The smallest absolute Gasteiger partial charge is 0.183 e. The minimum Gasteiger partial charge on any atom is -0.285 e. The van der Waals surface area contributed by atoms with Crippen LogP contribution in [0, 0.1) is 0 Å². The molecule has 0 aliphatic heterocycles. The summed E-state index contributed by atoms with van der Waals surface area (Å²) in [5.41, 5.74) is 1.49. The molecule has 1 N–H and O–H groups in total. The monoisotopic (exact) mass is 171 g/mol. The van der Waals surface area contributed by atoms with Crippen LogP contribution in [0.4, 0.5) is 0 Å². The Bertz CT molecular complexity index is 521. The van der Waals surface area contributed by atoms with Gasteiger partial charge in [0.15, 0.2) is 5.65 Å². The molecule has 0 radical (unpaired) electrons. The highest BCUT2D eigenvalue weighted by atomic mass is 15.1. The van der Waals surface area contributed by atoms with Crippen LogP contribution in [0.5, 0.6) is 0 Å². The van der Waals surface area contributed by atoms with Gasteiger partial charge in [0.05, 0.1) is 17.9 Å². The van der Waals surface area contributed by atoms with Crippen molar-refractivity contribution in [2.24, 2.45) is 0 Å². The minimum absolute atomic E-state index is 0.667. The molecule has 0 spiro atoms. The lowest BCUT2D eigenvalue weighted by molar-refractivity contribution is 1.04. The van der Waals surface area contributed by atoms with Gasteiger partial charge in [-0.15, -0.1) is 5.10 Å². The van der Waals surface area contributed by atoms with Crippen LogP contribution in [0.1, 0.15) is 0 Å². The highest BCUT2D eigenvalue weighted by Gasteiger charge is 2.00. The lowest BCUT2D eigenvalue weighted by atomic mass is 10.2. The molecule has 5 heteroatoms. The molecule has 0 saturated heterocycles. The quantitative estimate of drug-likeness (QED) is 0.545. The summed E-state index contributed by atoms with van der Waals surface area (Å²) in [5, 5.41) is 16.2. The van der Waals surface area contributed by atoms with Gasteiger partial charge in [-0.3, -0.25) is 5.10 Å². The standard InChI is InChI=1S/C8H5N5/c1-5-2-9-10-4-7(5)12-8-6(1)3-11-13-8/h1-4,9H. The zero-order valence-corrected chi connectivity index (χ0v) is 6.60. The van der Waals surface area contributed by atoms with Gasteiger partial charge in [-0.1, -0.05) is 0 Å². The minimum atomic E-state index is 0.667. The second-order valence-corrected chi connectivity index (χ2v) is 2.75. The molecule has 0 atom stereocenters. The maximum Gasteiger partial charge on any atom is 0.183 e. The van der Waals surface area contributed by atoms with Crippen molar-refractivity contribution >= 4 is 21.9 Å². The Labute approximate surface area is 72.8 Å². The molecule has 3 aromatic rings. The number of pyridine rings is 1. The Morgan fingerprint density at radius 1 is 1.15 bits per heavy atom. The van der Waals surface area contributed by atoms with Crippen molar-refractivity contribution in [3.8, 4) is 0 Å². The first-order valence-electron chi connectivity index (χ1n) is 3.84. The number of nitrogens with one attached hydrogen (secondary N) is 1. The molecule has 3 aromatic heterocycles. The molecule has 3 rings (SSSR count). The molecule has 3 heterocycles. The molecular formula is C8H5N5. The van der Waals surface area contributed by atoms with Crippen LogP contribution in [0.25, 0.3) is 21.9 Å². The molecular weight excluding hydrogens is 166 g/mol. The number of aromatic amines is 1. The maximum absolute atomic E-state index is 4.28. The van der Waals surface area contributed by atoms with Crippen molar-refractivity contribution in [2.75, 3.05) is 0 Å². The van der Waals surface area contributed by atoms with E-state index in [1.54, 1.807) is 18.6 Å². The number of hydrogen-bond acceptors (Lipinski definition) is 4. The van der Waals surface area contributed by atoms with Crippen molar-refractivity contribution in [3.63, 3.8) is 0 Å². The number of rotatable bonds is 0. The number of hydrogen-bond donors (Lipinski definition) is 1. The molecule has 0 bridgehead atoms. The number of H-pyrrole nitrogens is 1. The van der Waals surface area contributed by atoms with Crippen molar-refractivity contribution in [3.05, 3.63) is 24.7 Å². The van der Waals surface area contributed by atoms with E-state index in [0.717, 1.165) is 16.3 Å². The zero-order chi connectivity index (χ0) is 8.67. The fraction of sp³-hybridized carbons (Fsp3) is 0. The number of fused-ring (bicyclic) bond motifs is 2. The first kappa shape index (κ1) is 6.47. The van der Waals surface area contributed by atoms with Crippen LogP contribution in [0.2, 0.25) is 0 Å². The van der Waals surface area contributed by atoms with Gasteiger partial charge < -0.3 is 0 Å². The van der Waals surface area contributed by atoms with Gasteiger partial charge in [0.2, 0.25) is 0 Å². The van der Waals surface area contributed by atoms with Crippen molar-refractivity contribution in [2.45, 2.75) is 0 Å². The Morgan fingerprint density at radius 2 is 2.15 bits per heavy atom. The van der Waals surface area contributed by atoms with E-state index in [9.17, 15) is 0 Å². The van der Waals surface area contributed by atoms with E-state index in [-0.39, 0.29) is 0 Å². The third-order valence-electron chi connectivity index (χ3n) is 1.92. The van der Waals surface area contributed by atoms with Gasteiger partial charge in [-0.2, -0.15) is 10.2 Å². The van der Waals surface area contributed by atoms with E-state index in [1.165, 1.54) is 0 Å². The Hall–Kier alpha value is -2.04. The first-order chi connectivity index (χ1) is 6.43. The van der Waals surface area contributed by atoms with Gasteiger partial charge in [0, 0.05) is 17.0 Å². The normalized spacial score (nSPS) is 11.1. The summed E-state index contributed by atoms with van der Waals surface area (Å²) in [6, 6.07) is 1.98. The summed E-state index contributed by atoms with van der Waals surface area (Å²) in [6.45, 7) is 0. The predicted octanol–water partition coefficient (Wildman–Crippen LogP) is 0.901. The first-order valence-corrected chi connectivity index (χ1v) is 3.84. The van der Waals surface area contributed by atoms with Crippen molar-refractivity contribution < 1.29 is 0 Å². The Morgan fingerprint density at radius 3 is 3.15 bits per heavy atom. The van der Waals surface area contributed by atoms with Crippen LogP contribution in [-0.2, 0) is 0 Å². The van der Waals surface area contributed by atoms with Crippen LogP contribution in [0.3, 0.4) is 0 Å². The summed E-state index contributed by atoms with van der Waals surface area (Å²) in [4.78, 5) is 4.28. The average molecular weight is 171 g/mol. The highest BCUT2D eigenvalue weighted by molar-refractivity contribution is 5.89. The molecule has 62 valence electrons. The second kappa shape index (κ2) is 2.22. The zero-order valence-electron chi connectivity index (χ0n) is 6.60. The Kier molecular flexibility index (Phi) is 1.11. The fourth-order valence-electron chi connectivity index (χ4n) is 1.29. The topological polar surface area (TPSA) is 67.3 Å². The summed E-state index contributed by atoms with van der Waals surface area (Å²) in [7, 11) is 0. The molecule has 0 aliphatic rings. The van der Waals surface area contributed by atoms with Gasteiger partial charge in [-0.25, -0.2) is 4.98 Å². The van der Waals surface area contributed by atoms with Crippen LogP contribution in [-0.4, -0.2) is 25.4 Å². The van der Waals surface area contributed by atoms with E-state index >= 15 is 0 Å². The summed E-state index contributed by atoms with van der Waals surface area (Å²) < 4.78 is 0. The Balaban J connectivity index is 2.57. The number of nitrogens with zero attached hydrogens (tertiary/aromatic N) is 4. The molecule has 0 fully saturated rings. The van der Waals surface area contributed by atoms with E-state index in [1.807, 2.05) is 6.07 Å².